The summed E-state index contributed by atoms with van der Waals surface area (Å²) in [5.41, 5.74) is 0.823. The van der Waals surface area contributed by atoms with E-state index in [-0.39, 0.29) is 5.78 Å². The van der Waals surface area contributed by atoms with Gasteiger partial charge in [-0.1, -0.05) is 30.3 Å². The Morgan fingerprint density at radius 2 is 2.17 bits per heavy atom. The highest BCUT2D eigenvalue weighted by atomic mass is 16.5. The quantitative estimate of drug-likeness (QED) is 0.723. The molecule has 0 saturated carbocycles. The van der Waals surface area contributed by atoms with Crippen molar-refractivity contribution in [2.24, 2.45) is 0 Å². The molecule has 1 aromatic carbocycles. The number of hydrogen-bond donors (Lipinski definition) is 0. The minimum atomic E-state index is 0.242. The first kappa shape index (κ1) is 13.2. The van der Waals surface area contributed by atoms with Gasteiger partial charge in [0.15, 0.2) is 5.78 Å². The third-order valence-corrected chi connectivity index (χ3v) is 3.54. The van der Waals surface area contributed by atoms with E-state index >= 15 is 0 Å². The maximum absolute atomic E-state index is 11.9. The fraction of sp³-hybridized carbons (Fsp3) is 0.533. The molecular weight excluding hydrogens is 226 g/mol. The molecule has 1 fully saturated rings. The molecule has 1 aliphatic rings. The van der Waals surface area contributed by atoms with Crippen molar-refractivity contribution in [3.05, 3.63) is 35.9 Å². The summed E-state index contributed by atoms with van der Waals surface area (Å²) in [4.78, 5) is 14.2. The van der Waals surface area contributed by atoms with Crippen LogP contribution in [0.15, 0.2) is 30.3 Å². The number of carbonyl (C=O) groups is 1. The van der Waals surface area contributed by atoms with Gasteiger partial charge in [-0.2, -0.15) is 0 Å². The van der Waals surface area contributed by atoms with E-state index < -0.39 is 0 Å². The molecule has 98 valence electrons. The number of carbonyl (C=O) groups excluding carboxylic acids is 1. The Morgan fingerprint density at radius 3 is 2.83 bits per heavy atom. The molecule has 0 N–H and O–H groups in total. The van der Waals surface area contributed by atoms with E-state index in [9.17, 15) is 4.79 Å². The topological polar surface area (TPSA) is 29.5 Å². The van der Waals surface area contributed by atoms with Crippen LogP contribution in [0.25, 0.3) is 0 Å². The number of Topliss-reactive ketones (excluding diaryl/α,β-unsaturated/α-hetero) is 1. The molecule has 2 rings (SSSR count). The smallest absolute Gasteiger partial charge is 0.162 e. The predicted octanol–water partition coefficient (Wildman–Crippen LogP) is 2.37. The molecule has 0 aliphatic carbocycles. The summed E-state index contributed by atoms with van der Waals surface area (Å²) in [7, 11) is 2.12. The van der Waals surface area contributed by atoms with Crippen molar-refractivity contribution >= 4 is 5.78 Å². The summed E-state index contributed by atoms with van der Waals surface area (Å²) in [6, 6.07) is 10.1. The molecular formula is C15H21NO2. The Labute approximate surface area is 109 Å². The molecule has 1 unspecified atom stereocenters. The number of ether oxygens (including phenoxy) is 1. The Balaban J connectivity index is 1.70. The van der Waals surface area contributed by atoms with Gasteiger partial charge < -0.3 is 9.64 Å². The minimum Gasteiger partial charge on any atom is -0.380 e. The van der Waals surface area contributed by atoms with Crippen molar-refractivity contribution < 1.29 is 9.53 Å². The van der Waals surface area contributed by atoms with Gasteiger partial charge in [-0.05, 0) is 26.4 Å². The lowest BCUT2D eigenvalue weighted by Crippen LogP contribution is -2.32. The number of hydrogen-bond acceptors (Lipinski definition) is 3. The molecule has 0 aromatic heterocycles. The van der Waals surface area contributed by atoms with Gasteiger partial charge in [0.05, 0.1) is 6.61 Å². The van der Waals surface area contributed by atoms with Gasteiger partial charge in [-0.15, -0.1) is 0 Å². The van der Waals surface area contributed by atoms with Crippen molar-refractivity contribution in [1.82, 2.24) is 4.90 Å². The van der Waals surface area contributed by atoms with Crippen LogP contribution in [0.5, 0.6) is 0 Å². The molecule has 0 amide bonds. The van der Waals surface area contributed by atoms with E-state index in [2.05, 4.69) is 11.9 Å². The molecule has 1 aliphatic heterocycles. The predicted molar refractivity (Wildman–Crippen MR) is 71.9 cm³/mol. The first-order chi connectivity index (χ1) is 8.77. The van der Waals surface area contributed by atoms with Gasteiger partial charge >= 0.3 is 0 Å². The molecule has 3 nitrogen and oxygen atoms in total. The zero-order valence-electron chi connectivity index (χ0n) is 11.0. The van der Waals surface area contributed by atoms with Crippen LogP contribution in [-0.2, 0) is 4.74 Å². The molecule has 3 heteroatoms. The van der Waals surface area contributed by atoms with Crippen molar-refractivity contribution in [1.29, 1.82) is 0 Å². The fourth-order valence-corrected chi connectivity index (χ4v) is 2.31. The number of ketones is 1. The van der Waals surface area contributed by atoms with E-state index in [1.54, 1.807) is 0 Å². The molecule has 0 spiro atoms. The van der Waals surface area contributed by atoms with E-state index in [1.165, 1.54) is 0 Å². The fourth-order valence-electron chi connectivity index (χ4n) is 2.31. The van der Waals surface area contributed by atoms with Gasteiger partial charge in [0.1, 0.15) is 0 Å². The van der Waals surface area contributed by atoms with Crippen LogP contribution < -0.4 is 0 Å². The molecule has 1 atom stereocenters. The van der Waals surface area contributed by atoms with E-state index in [0.29, 0.717) is 12.5 Å². The van der Waals surface area contributed by atoms with E-state index in [0.717, 1.165) is 38.2 Å². The molecule has 1 heterocycles. The van der Waals surface area contributed by atoms with E-state index in [4.69, 9.17) is 4.74 Å². The Hall–Kier alpha value is -1.19. The lowest BCUT2D eigenvalue weighted by atomic mass is 10.1. The van der Waals surface area contributed by atoms with Crippen LogP contribution in [0.4, 0.5) is 0 Å². The second-order valence-electron chi connectivity index (χ2n) is 4.89. The zero-order chi connectivity index (χ0) is 12.8. The van der Waals surface area contributed by atoms with Crippen molar-refractivity contribution in [3.8, 4) is 0 Å². The molecule has 0 bridgehead atoms. The third kappa shape index (κ3) is 3.65. The number of nitrogens with zero attached hydrogens (tertiary/aromatic N) is 1. The second-order valence-corrected chi connectivity index (χ2v) is 4.89. The minimum absolute atomic E-state index is 0.242. The molecule has 1 saturated heterocycles. The monoisotopic (exact) mass is 247 g/mol. The van der Waals surface area contributed by atoms with Crippen LogP contribution in [0.3, 0.4) is 0 Å². The highest BCUT2D eigenvalue weighted by Crippen LogP contribution is 2.12. The highest BCUT2D eigenvalue weighted by Gasteiger charge is 2.19. The van der Waals surface area contributed by atoms with Crippen molar-refractivity contribution in [2.45, 2.75) is 25.3 Å². The highest BCUT2D eigenvalue weighted by molar-refractivity contribution is 5.95. The SMILES string of the molecule is CN(CCCC(=O)c1ccccc1)C1CCOC1. The van der Waals surface area contributed by atoms with Crippen LogP contribution in [0.2, 0.25) is 0 Å². The van der Waals surface area contributed by atoms with Crippen LogP contribution >= 0.6 is 0 Å². The molecule has 0 radical (unpaired) electrons. The average Bonchev–Trinajstić information content (AvgIpc) is 2.93. The maximum atomic E-state index is 11.9. The maximum Gasteiger partial charge on any atom is 0.162 e. The largest absolute Gasteiger partial charge is 0.380 e. The Bertz CT molecular complexity index is 371. The van der Waals surface area contributed by atoms with Gasteiger partial charge in [-0.3, -0.25) is 4.79 Å². The summed E-state index contributed by atoms with van der Waals surface area (Å²) >= 11 is 0. The standard InChI is InChI=1S/C15H21NO2/c1-16(14-9-11-18-12-14)10-5-8-15(17)13-6-3-2-4-7-13/h2-4,6-7,14H,5,8-12H2,1H3. The first-order valence-corrected chi connectivity index (χ1v) is 6.63. The lowest BCUT2D eigenvalue weighted by molar-refractivity contribution is 0.0972. The second kappa shape index (κ2) is 6.66. The van der Waals surface area contributed by atoms with Crippen LogP contribution in [-0.4, -0.2) is 43.5 Å². The Kier molecular flexibility index (Phi) is 4.90. The van der Waals surface area contributed by atoms with Crippen molar-refractivity contribution in [3.63, 3.8) is 0 Å². The summed E-state index contributed by atoms with van der Waals surface area (Å²) in [6.07, 6.45) is 2.66. The summed E-state index contributed by atoms with van der Waals surface area (Å²) < 4.78 is 5.37. The van der Waals surface area contributed by atoms with Crippen LogP contribution in [0, 0.1) is 0 Å². The van der Waals surface area contributed by atoms with Gasteiger partial charge in [0.25, 0.3) is 0 Å². The van der Waals surface area contributed by atoms with Gasteiger partial charge in [-0.25, -0.2) is 0 Å². The zero-order valence-corrected chi connectivity index (χ0v) is 11.0. The lowest BCUT2D eigenvalue weighted by Gasteiger charge is -2.22. The summed E-state index contributed by atoms with van der Waals surface area (Å²) in [6.45, 7) is 2.67. The van der Waals surface area contributed by atoms with Gasteiger partial charge in [0.2, 0.25) is 0 Å². The molecule has 18 heavy (non-hydrogen) atoms. The summed E-state index contributed by atoms with van der Waals surface area (Å²) in [5.74, 6) is 0.242. The summed E-state index contributed by atoms with van der Waals surface area (Å²) in [5, 5.41) is 0. The number of benzene rings is 1. The van der Waals surface area contributed by atoms with Gasteiger partial charge in [0, 0.05) is 24.6 Å². The number of likely N-dealkylation sites (N-methyl/N-ethyl adjacent to an activating group) is 1. The van der Waals surface area contributed by atoms with E-state index in [1.807, 2.05) is 30.3 Å². The van der Waals surface area contributed by atoms with Crippen LogP contribution in [0.1, 0.15) is 29.6 Å². The average molecular weight is 247 g/mol. The van der Waals surface area contributed by atoms with Crippen molar-refractivity contribution in [2.75, 3.05) is 26.8 Å². The Morgan fingerprint density at radius 1 is 1.39 bits per heavy atom. The number of rotatable bonds is 6. The normalized spacial score (nSPS) is 19.3. The third-order valence-electron chi connectivity index (χ3n) is 3.54. The first-order valence-electron chi connectivity index (χ1n) is 6.63. The molecule has 1 aromatic rings.